The molecule has 0 atom stereocenters. The minimum absolute atomic E-state index is 0.185. The summed E-state index contributed by atoms with van der Waals surface area (Å²) in [5.41, 5.74) is 7.93. The van der Waals surface area contributed by atoms with E-state index in [1.54, 1.807) is 7.11 Å². The molecule has 0 fully saturated rings. The average molecular weight is 225 g/mol. The van der Waals surface area contributed by atoms with Gasteiger partial charge < -0.3 is 10.6 Å². The molecule has 1 aliphatic carbocycles. The molecule has 0 unspecified atom stereocenters. The summed E-state index contributed by atoms with van der Waals surface area (Å²) >= 11 is 1.49. The molecule has 1 aromatic heterocycles. The molecule has 0 aromatic carbocycles. The molecule has 0 bridgehead atoms. The standard InChI is InChI=1S/C10H15N3OS/c1-10(2)4-6-8(15-9(11)12-6)7(5-10)13-14-3/h4-5H2,1-3H3,(H2,11,12)/b13-7+. The molecule has 0 saturated carbocycles. The number of nitrogens with zero attached hydrogens (tertiary/aromatic N) is 2. The van der Waals surface area contributed by atoms with Crippen molar-refractivity contribution in [3.8, 4) is 0 Å². The summed E-state index contributed by atoms with van der Waals surface area (Å²) in [7, 11) is 1.57. The molecule has 1 aromatic rings. The van der Waals surface area contributed by atoms with Crippen LogP contribution in [0.2, 0.25) is 0 Å². The Morgan fingerprint density at radius 3 is 2.87 bits per heavy atom. The summed E-state index contributed by atoms with van der Waals surface area (Å²) in [5, 5.41) is 4.68. The van der Waals surface area contributed by atoms with Gasteiger partial charge in [-0.05, 0) is 18.3 Å². The summed E-state index contributed by atoms with van der Waals surface area (Å²) in [6.45, 7) is 4.41. The van der Waals surface area contributed by atoms with E-state index in [1.165, 1.54) is 11.3 Å². The first kappa shape index (κ1) is 10.4. The summed E-state index contributed by atoms with van der Waals surface area (Å²) in [6, 6.07) is 0. The highest BCUT2D eigenvalue weighted by molar-refractivity contribution is 7.17. The Hall–Kier alpha value is -1.10. The molecule has 0 aliphatic heterocycles. The maximum atomic E-state index is 5.72. The molecule has 82 valence electrons. The fourth-order valence-corrected chi connectivity index (χ4v) is 2.78. The molecule has 5 heteroatoms. The number of hydrogen-bond acceptors (Lipinski definition) is 5. The van der Waals surface area contributed by atoms with Gasteiger partial charge in [0.25, 0.3) is 0 Å². The largest absolute Gasteiger partial charge is 0.399 e. The van der Waals surface area contributed by atoms with Crippen LogP contribution in [0.5, 0.6) is 0 Å². The Morgan fingerprint density at radius 1 is 1.47 bits per heavy atom. The van der Waals surface area contributed by atoms with Crippen molar-refractivity contribution in [3.63, 3.8) is 0 Å². The van der Waals surface area contributed by atoms with Gasteiger partial charge in [-0.1, -0.05) is 30.3 Å². The van der Waals surface area contributed by atoms with E-state index in [9.17, 15) is 0 Å². The monoisotopic (exact) mass is 225 g/mol. The molecule has 0 radical (unpaired) electrons. The summed E-state index contributed by atoms with van der Waals surface area (Å²) in [6.07, 6.45) is 1.87. The maximum absolute atomic E-state index is 5.72. The smallest absolute Gasteiger partial charge is 0.180 e. The number of hydrogen-bond donors (Lipinski definition) is 1. The molecule has 0 spiro atoms. The fourth-order valence-electron chi connectivity index (χ4n) is 1.95. The molecule has 15 heavy (non-hydrogen) atoms. The van der Waals surface area contributed by atoms with Gasteiger partial charge in [0.1, 0.15) is 7.11 Å². The Kier molecular flexibility index (Phi) is 2.42. The number of thiazole rings is 1. The second-order valence-corrected chi connectivity index (χ2v) is 5.60. The van der Waals surface area contributed by atoms with E-state index in [0.29, 0.717) is 5.13 Å². The minimum atomic E-state index is 0.185. The Morgan fingerprint density at radius 2 is 2.20 bits per heavy atom. The van der Waals surface area contributed by atoms with Crippen LogP contribution in [0.1, 0.15) is 30.8 Å². The molecule has 0 amide bonds. The number of rotatable bonds is 1. The predicted octanol–water partition coefficient (Wildman–Crippen LogP) is 2.05. The van der Waals surface area contributed by atoms with Crippen LogP contribution in [-0.2, 0) is 11.3 Å². The lowest BCUT2D eigenvalue weighted by Crippen LogP contribution is -2.26. The first-order chi connectivity index (χ1) is 7.02. The van der Waals surface area contributed by atoms with Crippen LogP contribution in [0.4, 0.5) is 5.13 Å². The Balaban J connectivity index is 2.47. The van der Waals surface area contributed by atoms with Crippen molar-refractivity contribution < 1.29 is 4.84 Å². The zero-order chi connectivity index (χ0) is 11.1. The average Bonchev–Trinajstić information content (AvgIpc) is 2.44. The summed E-state index contributed by atoms with van der Waals surface area (Å²) in [4.78, 5) is 10.3. The van der Waals surface area contributed by atoms with Gasteiger partial charge >= 0.3 is 0 Å². The van der Waals surface area contributed by atoms with Crippen molar-refractivity contribution in [1.29, 1.82) is 0 Å². The Bertz CT molecular complexity index is 409. The van der Waals surface area contributed by atoms with E-state index in [2.05, 4.69) is 24.0 Å². The number of nitrogen functional groups attached to an aromatic ring is 1. The molecule has 4 nitrogen and oxygen atoms in total. The van der Waals surface area contributed by atoms with Gasteiger partial charge in [-0.15, -0.1) is 0 Å². The van der Waals surface area contributed by atoms with Crippen molar-refractivity contribution in [2.24, 2.45) is 10.6 Å². The maximum Gasteiger partial charge on any atom is 0.180 e. The molecule has 2 N–H and O–H groups in total. The van der Waals surface area contributed by atoms with Crippen molar-refractivity contribution in [1.82, 2.24) is 4.98 Å². The quantitative estimate of drug-likeness (QED) is 0.744. The third-order valence-electron chi connectivity index (χ3n) is 2.47. The van der Waals surface area contributed by atoms with Gasteiger partial charge in [0.15, 0.2) is 5.13 Å². The van der Waals surface area contributed by atoms with Crippen LogP contribution in [0.3, 0.4) is 0 Å². The molecular formula is C10H15N3OS. The van der Waals surface area contributed by atoms with Crippen LogP contribution >= 0.6 is 11.3 Å². The van der Waals surface area contributed by atoms with Gasteiger partial charge in [-0.25, -0.2) is 4.98 Å². The lowest BCUT2D eigenvalue weighted by molar-refractivity contribution is 0.210. The predicted molar refractivity (Wildman–Crippen MR) is 62.2 cm³/mol. The lowest BCUT2D eigenvalue weighted by atomic mass is 9.78. The van der Waals surface area contributed by atoms with E-state index in [-0.39, 0.29) is 5.41 Å². The highest BCUT2D eigenvalue weighted by Crippen LogP contribution is 2.38. The van der Waals surface area contributed by atoms with E-state index in [4.69, 9.17) is 10.6 Å². The van der Waals surface area contributed by atoms with Crippen LogP contribution in [0.15, 0.2) is 5.16 Å². The number of anilines is 1. The third-order valence-corrected chi connectivity index (χ3v) is 3.45. The number of oxime groups is 1. The highest BCUT2D eigenvalue weighted by atomic mass is 32.1. The summed E-state index contributed by atoms with van der Waals surface area (Å²) < 4.78 is 0. The number of fused-ring (bicyclic) bond motifs is 1. The van der Waals surface area contributed by atoms with Gasteiger partial charge in [0.2, 0.25) is 0 Å². The topological polar surface area (TPSA) is 60.5 Å². The van der Waals surface area contributed by atoms with Gasteiger partial charge in [0, 0.05) is 0 Å². The SMILES string of the molecule is CO/N=C1\CC(C)(C)Cc2nc(N)sc21. The van der Waals surface area contributed by atoms with Crippen molar-refractivity contribution in [3.05, 3.63) is 10.6 Å². The van der Waals surface area contributed by atoms with Crippen LogP contribution in [0, 0.1) is 5.41 Å². The molecule has 1 aliphatic rings. The van der Waals surface area contributed by atoms with Crippen LogP contribution < -0.4 is 5.73 Å². The van der Waals surface area contributed by atoms with E-state index in [0.717, 1.165) is 29.1 Å². The van der Waals surface area contributed by atoms with E-state index < -0.39 is 0 Å². The van der Waals surface area contributed by atoms with Crippen LogP contribution in [0.25, 0.3) is 0 Å². The van der Waals surface area contributed by atoms with Crippen LogP contribution in [-0.4, -0.2) is 17.8 Å². The minimum Gasteiger partial charge on any atom is -0.399 e. The van der Waals surface area contributed by atoms with E-state index >= 15 is 0 Å². The molecule has 2 rings (SSSR count). The number of nitrogens with two attached hydrogens (primary N) is 1. The van der Waals surface area contributed by atoms with Crippen molar-refractivity contribution in [2.75, 3.05) is 12.8 Å². The van der Waals surface area contributed by atoms with Gasteiger partial charge in [-0.3, -0.25) is 0 Å². The lowest BCUT2D eigenvalue weighted by Gasteiger charge is -2.28. The molecular weight excluding hydrogens is 210 g/mol. The van der Waals surface area contributed by atoms with Crippen molar-refractivity contribution in [2.45, 2.75) is 26.7 Å². The summed E-state index contributed by atoms with van der Waals surface area (Å²) in [5.74, 6) is 0. The first-order valence-corrected chi connectivity index (χ1v) is 5.69. The third kappa shape index (κ3) is 1.97. The van der Waals surface area contributed by atoms with Gasteiger partial charge in [-0.2, -0.15) is 0 Å². The first-order valence-electron chi connectivity index (χ1n) is 4.87. The van der Waals surface area contributed by atoms with Crippen molar-refractivity contribution >= 4 is 22.2 Å². The van der Waals surface area contributed by atoms with E-state index in [1.807, 2.05) is 0 Å². The molecule has 1 heterocycles. The highest BCUT2D eigenvalue weighted by Gasteiger charge is 2.32. The molecule has 0 saturated heterocycles. The second-order valence-electron chi connectivity index (χ2n) is 4.57. The normalized spacial score (nSPS) is 21.4. The fraction of sp³-hybridized carbons (Fsp3) is 0.600. The zero-order valence-corrected chi connectivity index (χ0v) is 10.0. The Labute approximate surface area is 93.1 Å². The van der Waals surface area contributed by atoms with Gasteiger partial charge in [0.05, 0.1) is 16.3 Å². The zero-order valence-electron chi connectivity index (χ0n) is 9.20. The second kappa shape index (κ2) is 3.48. The number of aromatic nitrogens is 1.